The van der Waals surface area contributed by atoms with E-state index >= 15 is 0 Å². The Morgan fingerprint density at radius 2 is 2.25 bits per heavy atom. The maximum absolute atomic E-state index is 11.1. The van der Waals surface area contributed by atoms with Crippen molar-refractivity contribution in [3.05, 3.63) is 0 Å². The summed E-state index contributed by atoms with van der Waals surface area (Å²) in [7, 11) is 0. The highest BCUT2D eigenvalue weighted by Gasteiger charge is 2.18. The van der Waals surface area contributed by atoms with E-state index in [1.165, 1.54) is 0 Å². The predicted octanol–water partition coefficient (Wildman–Crippen LogP) is 0.357. The van der Waals surface area contributed by atoms with Crippen LogP contribution in [-0.2, 0) is 4.84 Å². The molecular formula is C8H12N2O2. The molecule has 1 N–H and O–H groups in total. The van der Waals surface area contributed by atoms with Crippen LogP contribution in [0.15, 0.2) is 0 Å². The fourth-order valence-corrected chi connectivity index (χ4v) is 1.10. The van der Waals surface area contributed by atoms with Crippen molar-refractivity contribution in [1.82, 2.24) is 10.4 Å². The van der Waals surface area contributed by atoms with Crippen LogP contribution in [0.5, 0.6) is 0 Å². The topological polar surface area (TPSA) is 41.6 Å². The van der Waals surface area contributed by atoms with E-state index in [1.54, 1.807) is 4.90 Å². The molecule has 1 fully saturated rings. The van der Waals surface area contributed by atoms with Crippen molar-refractivity contribution in [2.45, 2.75) is 12.8 Å². The normalized spacial score (nSPS) is 15.8. The van der Waals surface area contributed by atoms with Crippen LogP contribution in [-0.4, -0.2) is 30.6 Å². The molecule has 0 aromatic rings. The highest BCUT2D eigenvalue weighted by Crippen LogP contribution is 2.07. The molecule has 1 aliphatic rings. The van der Waals surface area contributed by atoms with Crippen LogP contribution < -0.4 is 5.48 Å². The SMILES string of the molecule is C#CCNOC(=O)N1CCCC1. The van der Waals surface area contributed by atoms with Gasteiger partial charge in [0.15, 0.2) is 0 Å². The number of terminal acetylenes is 1. The molecule has 4 nitrogen and oxygen atoms in total. The third kappa shape index (κ3) is 2.44. The molecular weight excluding hydrogens is 156 g/mol. The van der Waals surface area contributed by atoms with Gasteiger partial charge in [-0.05, 0) is 12.8 Å². The number of nitrogens with one attached hydrogen (secondary N) is 1. The van der Waals surface area contributed by atoms with Gasteiger partial charge >= 0.3 is 6.09 Å². The molecule has 0 unspecified atom stereocenters. The van der Waals surface area contributed by atoms with Gasteiger partial charge in [0.05, 0.1) is 6.54 Å². The second-order valence-electron chi connectivity index (χ2n) is 2.59. The van der Waals surface area contributed by atoms with Gasteiger partial charge in [-0.2, -0.15) is 0 Å². The van der Waals surface area contributed by atoms with Crippen LogP contribution >= 0.6 is 0 Å². The van der Waals surface area contributed by atoms with Crippen molar-refractivity contribution < 1.29 is 9.63 Å². The summed E-state index contributed by atoms with van der Waals surface area (Å²) in [6.07, 6.45) is 6.74. The summed E-state index contributed by atoms with van der Waals surface area (Å²) in [5, 5.41) is 0. The third-order valence-electron chi connectivity index (χ3n) is 1.70. The van der Waals surface area contributed by atoms with Crippen molar-refractivity contribution in [1.29, 1.82) is 0 Å². The van der Waals surface area contributed by atoms with Crippen LogP contribution in [0.2, 0.25) is 0 Å². The fourth-order valence-electron chi connectivity index (χ4n) is 1.10. The zero-order valence-electron chi connectivity index (χ0n) is 6.88. The molecule has 0 saturated carbocycles. The summed E-state index contributed by atoms with van der Waals surface area (Å²) < 4.78 is 0. The zero-order valence-corrected chi connectivity index (χ0v) is 6.88. The highest BCUT2D eigenvalue weighted by molar-refractivity contribution is 5.67. The van der Waals surface area contributed by atoms with Gasteiger partial charge in [-0.3, -0.25) is 0 Å². The van der Waals surface area contributed by atoms with Crippen LogP contribution in [0.1, 0.15) is 12.8 Å². The lowest BCUT2D eigenvalue weighted by Crippen LogP contribution is -2.33. The van der Waals surface area contributed by atoms with E-state index in [9.17, 15) is 4.79 Å². The fraction of sp³-hybridized carbons (Fsp3) is 0.625. The molecule has 1 rings (SSSR count). The number of hydroxylamine groups is 1. The molecule has 0 radical (unpaired) electrons. The zero-order chi connectivity index (χ0) is 8.81. The lowest BCUT2D eigenvalue weighted by molar-refractivity contribution is 0.0666. The van der Waals surface area contributed by atoms with Gasteiger partial charge in [0, 0.05) is 13.1 Å². The first-order valence-corrected chi connectivity index (χ1v) is 3.96. The van der Waals surface area contributed by atoms with Crippen LogP contribution in [0, 0.1) is 12.3 Å². The van der Waals surface area contributed by atoms with Crippen molar-refractivity contribution >= 4 is 6.09 Å². The minimum Gasteiger partial charge on any atom is -0.353 e. The number of hydrogen-bond acceptors (Lipinski definition) is 3. The molecule has 1 amide bonds. The van der Waals surface area contributed by atoms with E-state index in [0.717, 1.165) is 25.9 Å². The lowest BCUT2D eigenvalue weighted by Gasteiger charge is -2.13. The molecule has 0 aromatic heterocycles. The van der Waals surface area contributed by atoms with Crippen molar-refractivity contribution in [3.8, 4) is 12.3 Å². The quantitative estimate of drug-likeness (QED) is 0.367. The van der Waals surface area contributed by atoms with Gasteiger partial charge in [0.25, 0.3) is 0 Å². The number of amides is 1. The first-order valence-electron chi connectivity index (χ1n) is 3.96. The molecule has 0 aromatic carbocycles. The Kier molecular flexibility index (Phi) is 3.42. The number of likely N-dealkylation sites (tertiary alicyclic amines) is 1. The van der Waals surface area contributed by atoms with Crippen molar-refractivity contribution in [3.63, 3.8) is 0 Å². The number of nitrogens with zero attached hydrogens (tertiary/aromatic N) is 1. The van der Waals surface area contributed by atoms with E-state index in [-0.39, 0.29) is 12.6 Å². The monoisotopic (exact) mass is 168 g/mol. The molecule has 1 heterocycles. The Bertz CT molecular complexity index is 192. The highest BCUT2D eigenvalue weighted by atomic mass is 16.7. The number of rotatable bonds is 2. The van der Waals surface area contributed by atoms with E-state index < -0.39 is 0 Å². The van der Waals surface area contributed by atoms with Crippen molar-refractivity contribution in [2.24, 2.45) is 0 Å². The molecule has 1 aliphatic heterocycles. The number of hydrogen-bond donors (Lipinski definition) is 1. The maximum Gasteiger partial charge on any atom is 0.428 e. The standard InChI is InChI=1S/C8H12N2O2/c1-2-5-9-12-8(11)10-6-3-4-7-10/h1,9H,3-7H2. The largest absolute Gasteiger partial charge is 0.428 e. The molecule has 12 heavy (non-hydrogen) atoms. The Hall–Kier alpha value is -1.21. The molecule has 0 atom stereocenters. The number of carbonyl (C=O) groups excluding carboxylic acids is 1. The predicted molar refractivity (Wildman–Crippen MR) is 44.1 cm³/mol. The van der Waals surface area contributed by atoms with Gasteiger partial charge in [0.1, 0.15) is 0 Å². The van der Waals surface area contributed by atoms with E-state index in [1.807, 2.05) is 0 Å². The molecule has 0 bridgehead atoms. The summed E-state index contributed by atoms with van der Waals surface area (Å²) in [6.45, 7) is 1.83. The van der Waals surface area contributed by atoms with Crippen LogP contribution in [0.25, 0.3) is 0 Å². The first kappa shape index (κ1) is 8.88. The second kappa shape index (κ2) is 4.62. The molecule has 4 heteroatoms. The van der Waals surface area contributed by atoms with Gasteiger partial charge in [0.2, 0.25) is 0 Å². The first-order chi connectivity index (χ1) is 5.84. The maximum atomic E-state index is 11.1. The minimum atomic E-state index is -0.331. The Morgan fingerprint density at radius 1 is 1.58 bits per heavy atom. The summed E-state index contributed by atoms with van der Waals surface area (Å²) in [6, 6.07) is 0. The summed E-state index contributed by atoms with van der Waals surface area (Å²) in [4.78, 5) is 17.4. The third-order valence-corrected chi connectivity index (χ3v) is 1.70. The molecule has 0 spiro atoms. The molecule has 1 saturated heterocycles. The molecule has 0 aliphatic carbocycles. The van der Waals surface area contributed by atoms with Crippen LogP contribution in [0.3, 0.4) is 0 Å². The summed E-state index contributed by atoms with van der Waals surface area (Å²) >= 11 is 0. The van der Waals surface area contributed by atoms with Gasteiger partial charge in [-0.25, -0.2) is 4.79 Å². The van der Waals surface area contributed by atoms with Gasteiger partial charge < -0.3 is 9.74 Å². The Morgan fingerprint density at radius 3 is 2.83 bits per heavy atom. The smallest absolute Gasteiger partial charge is 0.353 e. The van der Waals surface area contributed by atoms with E-state index in [0.29, 0.717) is 0 Å². The Labute approximate surface area is 71.8 Å². The van der Waals surface area contributed by atoms with Gasteiger partial charge in [-0.15, -0.1) is 11.9 Å². The van der Waals surface area contributed by atoms with E-state index in [2.05, 4.69) is 16.2 Å². The minimum absolute atomic E-state index is 0.250. The lowest BCUT2D eigenvalue weighted by atomic mass is 10.4. The molecule has 66 valence electrons. The van der Waals surface area contributed by atoms with Crippen molar-refractivity contribution in [2.75, 3.05) is 19.6 Å². The Balaban J connectivity index is 2.15. The van der Waals surface area contributed by atoms with E-state index in [4.69, 9.17) is 6.42 Å². The second-order valence-corrected chi connectivity index (χ2v) is 2.59. The summed E-state index contributed by atoms with van der Waals surface area (Å²) in [5.41, 5.74) is 2.38. The van der Waals surface area contributed by atoms with Crippen LogP contribution in [0.4, 0.5) is 4.79 Å². The van der Waals surface area contributed by atoms with Gasteiger partial charge in [-0.1, -0.05) is 5.92 Å². The summed E-state index contributed by atoms with van der Waals surface area (Å²) in [5.74, 6) is 2.31. The average molecular weight is 168 g/mol. The average Bonchev–Trinajstić information content (AvgIpc) is 2.56. The number of carbonyl (C=O) groups is 1.